The lowest BCUT2D eigenvalue weighted by molar-refractivity contribution is 0.413. The van der Waals surface area contributed by atoms with Gasteiger partial charge >= 0.3 is 0 Å². The van der Waals surface area contributed by atoms with Crippen LogP contribution in [-0.2, 0) is 6.54 Å². The highest BCUT2D eigenvalue weighted by Crippen LogP contribution is 2.33. The van der Waals surface area contributed by atoms with Crippen molar-refractivity contribution in [1.82, 2.24) is 0 Å². The molecule has 17 heavy (non-hydrogen) atoms. The van der Waals surface area contributed by atoms with Crippen molar-refractivity contribution in [3.8, 4) is 5.75 Å². The molecule has 2 rings (SSSR count). The van der Waals surface area contributed by atoms with Gasteiger partial charge in [-0.3, -0.25) is 0 Å². The second-order valence-electron chi connectivity index (χ2n) is 4.64. The molecule has 1 saturated carbocycles. The Morgan fingerprint density at radius 3 is 2.76 bits per heavy atom. The number of benzene rings is 1. The van der Waals surface area contributed by atoms with Crippen LogP contribution in [0.4, 0.5) is 0 Å². The average Bonchev–Trinajstić information content (AvgIpc) is 2.89. The summed E-state index contributed by atoms with van der Waals surface area (Å²) in [5.41, 5.74) is 7.00. The molecule has 1 aliphatic carbocycles. The molecule has 0 saturated heterocycles. The molecule has 1 aromatic rings. The molecule has 0 atom stereocenters. The Balaban J connectivity index is 2.01. The van der Waals surface area contributed by atoms with Gasteiger partial charge in [-0.25, -0.2) is 0 Å². The Bertz CT molecular complexity index is 361. The molecule has 0 bridgehead atoms. The smallest absolute Gasteiger partial charge is 0.119 e. The minimum atomic E-state index is 0.608. The third-order valence-corrected chi connectivity index (χ3v) is 4.77. The molecule has 1 aromatic carbocycles. The molecule has 1 aliphatic rings. The van der Waals surface area contributed by atoms with Crippen molar-refractivity contribution in [3.05, 3.63) is 23.8 Å². The third kappa shape index (κ3) is 3.39. The van der Waals surface area contributed by atoms with Gasteiger partial charge in [-0.2, -0.15) is 0 Å². The number of rotatable bonds is 5. The summed E-state index contributed by atoms with van der Waals surface area (Å²) in [6, 6.07) is 6.18. The highest BCUT2D eigenvalue weighted by Gasteiger charge is 2.15. The molecule has 0 spiro atoms. The van der Waals surface area contributed by atoms with E-state index in [1.54, 1.807) is 7.11 Å². The Kier molecular flexibility index (Phi) is 4.75. The van der Waals surface area contributed by atoms with Crippen LogP contribution in [0.2, 0.25) is 0 Å². The lowest BCUT2D eigenvalue weighted by Gasteiger charge is -2.12. The van der Waals surface area contributed by atoms with E-state index in [0.29, 0.717) is 6.54 Å². The predicted molar refractivity (Wildman–Crippen MR) is 73.6 cm³/mol. The summed E-state index contributed by atoms with van der Waals surface area (Å²) in [5, 5.41) is 0. The molecular weight excluding hydrogens is 230 g/mol. The molecule has 0 amide bonds. The summed E-state index contributed by atoms with van der Waals surface area (Å²) in [6.45, 7) is 0.608. The van der Waals surface area contributed by atoms with Crippen molar-refractivity contribution in [2.45, 2.75) is 37.1 Å². The molecule has 1 fully saturated rings. The lowest BCUT2D eigenvalue weighted by atomic mass is 10.1. The summed E-state index contributed by atoms with van der Waals surface area (Å²) in [7, 11) is 1.71. The van der Waals surface area contributed by atoms with Gasteiger partial charge in [0.15, 0.2) is 0 Å². The summed E-state index contributed by atoms with van der Waals surface area (Å²) in [4.78, 5) is 1.29. The maximum Gasteiger partial charge on any atom is 0.119 e. The van der Waals surface area contributed by atoms with Crippen LogP contribution in [0.5, 0.6) is 5.75 Å². The number of nitrogens with two attached hydrogens (primary N) is 1. The van der Waals surface area contributed by atoms with Crippen molar-refractivity contribution in [1.29, 1.82) is 0 Å². The Labute approximate surface area is 108 Å². The zero-order valence-corrected chi connectivity index (χ0v) is 11.3. The number of hydrogen-bond acceptors (Lipinski definition) is 3. The van der Waals surface area contributed by atoms with Crippen LogP contribution >= 0.6 is 11.8 Å². The van der Waals surface area contributed by atoms with Gasteiger partial charge in [0, 0.05) is 17.2 Å². The molecule has 0 aromatic heterocycles. The Morgan fingerprint density at radius 2 is 2.12 bits per heavy atom. The first-order valence-corrected chi connectivity index (χ1v) is 7.32. The fourth-order valence-electron chi connectivity index (χ4n) is 2.35. The molecule has 0 heterocycles. The van der Waals surface area contributed by atoms with Gasteiger partial charge in [-0.15, -0.1) is 11.8 Å². The summed E-state index contributed by atoms with van der Waals surface area (Å²) in [6.07, 6.45) is 5.62. The second-order valence-corrected chi connectivity index (χ2v) is 5.70. The van der Waals surface area contributed by atoms with E-state index in [1.807, 2.05) is 17.8 Å². The predicted octanol–water partition coefficient (Wildman–Crippen LogP) is 3.44. The largest absolute Gasteiger partial charge is 0.497 e. The van der Waals surface area contributed by atoms with Gasteiger partial charge in [-0.05, 0) is 36.5 Å². The van der Waals surface area contributed by atoms with Crippen molar-refractivity contribution in [2.75, 3.05) is 12.9 Å². The number of ether oxygens (including phenoxy) is 1. The summed E-state index contributed by atoms with van der Waals surface area (Å²) >= 11 is 1.94. The van der Waals surface area contributed by atoms with Crippen molar-refractivity contribution < 1.29 is 4.74 Å². The molecule has 2 N–H and O–H groups in total. The molecule has 3 heteroatoms. The van der Waals surface area contributed by atoms with E-state index in [0.717, 1.165) is 11.7 Å². The number of methoxy groups -OCH3 is 1. The topological polar surface area (TPSA) is 35.2 Å². The molecular formula is C14H21NOS. The normalized spacial score (nSPS) is 16.4. The molecule has 0 radical (unpaired) electrons. The zero-order valence-electron chi connectivity index (χ0n) is 10.4. The van der Waals surface area contributed by atoms with E-state index in [9.17, 15) is 0 Å². The molecule has 94 valence electrons. The average molecular weight is 251 g/mol. The first-order chi connectivity index (χ1) is 8.33. The van der Waals surface area contributed by atoms with E-state index >= 15 is 0 Å². The van der Waals surface area contributed by atoms with E-state index < -0.39 is 0 Å². The molecule has 0 aliphatic heterocycles. The van der Waals surface area contributed by atoms with Gasteiger partial charge in [0.25, 0.3) is 0 Å². The Morgan fingerprint density at radius 1 is 1.35 bits per heavy atom. The zero-order chi connectivity index (χ0) is 12.1. The third-order valence-electron chi connectivity index (χ3n) is 3.44. The van der Waals surface area contributed by atoms with Crippen molar-refractivity contribution in [3.63, 3.8) is 0 Å². The fourth-order valence-corrected chi connectivity index (χ4v) is 3.63. The second kappa shape index (κ2) is 6.31. The minimum Gasteiger partial charge on any atom is -0.497 e. The van der Waals surface area contributed by atoms with E-state index in [4.69, 9.17) is 10.5 Å². The van der Waals surface area contributed by atoms with Gasteiger partial charge in [0.05, 0.1) is 7.11 Å². The van der Waals surface area contributed by atoms with Crippen LogP contribution < -0.4 is 10.5 Å². The molecule has 0 unspecified atom stereocenters. The maximum atomic E-state index is 5.77. The summed E-state index contributed by atoms with van der Waals surface area (Å²) in [5.74, 6) is 3.05. The van der Waals surface area contributed by atoms with Gasteiger partial charge in [0.2, 0.25) is 0 Å². The highest BCUT2D eigenvalue weighted by atomic mass is 32.2. The van der Waals surface area contributed by atoms with E-state index in [2.05, 4.69) is 12.1 Å². The maximum absolute atomic E-state index is 5.77. The van der Waals surface area contributed by atoms with Crippen molar-refractivity contribution in [2.24, 2.45) is 11.7 Å². The monoisotopic (exact) mass is 251 g/mol. The standard InChI is InChI=1S/C14H21NOS/c1-16-13-7-6-12(9-15)14(8-13)17-10-11-4-2-3-5-11/h6-8,11H,2-5,9-10,15H2,1H3. The first-order valence-electron chi connectivity index (χ1n) is 6.33. The highest BCUT2D eigenvalue weighted by molar-refractivity contribution is 7.99. The van der Waals surface area contributed by atoms with Crippen LogP contribution in [-0.4, -0.2) is 12.9 Å². The van der Waals surface area contributed by atoms with E-state index in [1.165, 1.54) is 41.9 Å². The first kappa shape index (κ1) is 12.8. The van der Waals surface area contributed by atoms with Crippen LogP contribution in [0, 0.1) is 5.92 Å². The van der Waals surface area contributed by atoms with Gasteiger partial charge < -0.3 is 10.5 Å². The van der Waals surface area contributed by atoms with Crippen molar-refractivity contribution >= 4 is 11.8 Å². The SMILES string of the molecule is COc1ccc(CN)c(SCC2CCCC2)c1. The van der Waals surface area contributed by atoms with Crippen LogP contribution in [0.25, 0.3) is 0 Å². The number of hydrogen-bond donors (Lipinski definition) is 1. The fraction of sp³-hybridized carbons (Fsp3) is 0.571. The minimum absolute atomic E-state index is 0.608. The summed E-state index contributed by atoms with van der Waals surface area (Å²) < 4.78 is 5.27. The lowest BCUT2D eigenvalue weighted by Crippen LogP contribution is -2.01. The van der Waals surface area contributed by atoms with Gasteiger partial charge in [-0.1, -0.05) is 18.9 Å². The van der Waals surface area contributed by atoms with Crippen LogP contribution in [0.3, 0.4) is 0 Å². The Hall–Kier alpha value is -0.670. The van der Waals surface area contributed by atoms with E-state index in [-0.39, 0.29) is 0 Å². The quantitative estimate of drug-likeness (QED) is 0.814. The van der Waals surface area contributed by atoms with Gasteiger partial charge in [0.1, 0.15) is 5.75 Å². The number of thioether (sulfide) groups is 1. The molecule has 2 nitrogen and oxygen atoms in total. The van der Waals surface area contributed by atoms with Crippen LogP contribution in [0.15, 0.2) is 23.1 Å². The van der Waals surface area contributed by atoms with Crippen LogP contribution in [0.1, 0.15) is 31.2 Å².